The van der Waals surface area contributed by atoms with Crippen molar-refractivity contribution in [2.45, 2.75) is 30.1 Å². The predicted molar refractivity (Wildman–Crippen MR) is 73.9 cm³/mol. The van der Waals surface area contributed by atoms with Gasteiger partial charge in [-0.2, -0.15) is 48.3 Å². The minimum atomic E-state index is -6.16. The largest absolute Gasteiger partial charge is 0.464 e. The van der Waals surface area contributed by atoms with Crippen molar-refractivity contribution in [2.75, 3.05) is 7.05 Å². The summed E-state index contributed by atoms with van der Waals surface area (Å²) in [6.07, 6.45) is -19.1. The van der Waals surface area contributed by atoms with E-state index in [2.05, 4.69) is 4.74 Å². The van der Waals surface area contributed by atoms with E-state index in [9.17, 15) is 53.1 Å². The molecule has 29 heavy (non-hydrogen) atoms. The van der Waals surface area contributed by atoms with E-state index >= 15 is 0 Å². The molecule has 0 aliphatic carbocycles. The van der Waals surface area contributed by atoms with E-state index in [1.165, 1.54) is 0 Å². The molecule has 1 heterocycles. The lowest BCUT2D eigenvalue weighted by atomic mass is 9.89. The maximum absolute atomic E-state index is 13.5. The van der Waals surface area contributed by atoms with Crippen LogP contribution in [0.5, 0.6) is 5.75 Å². The number of benzene rings is 1. The molecule has 3 nitrogen and oxygen atoms in total. The van der Waals surface area contributed by atoms with Crippen LogP contribution in [-0.4, -0.2) is 37.1 Å². The molecule has 0 spiro atoms. The van der Waals surface area contributed by atoms with E-state index in [1.807, 2.05) is 0 Å². The van der Waals surface area contributed by atoms with Crippen LogP contribution >= 0.6 is 0 Å². The second-order valence-corrected chi connectivity index (χ2v) is 5.75. The first kappa shape index (κ1) is 22.7. The van der Waals surface area contributed by atoms with Crippen molar-refractivity contribution in [1.29, 1.82) is 0 Å². The summed E-state index contributed by atoms with van der Waals surface area (Å²) in [5.41, 5.74) is -9.38. The maximum atomic E-state index is 13.5. The van der Waals surface area contributed by atoms with Gasteiger partial charge in [0.25, 0.3) is 5.91 Å². The minimum Gasteiger partial charge on any atom is -0.464 e. The number of hydrogen-bond donors (Lipinski definition) is 1. The molecule has 0 saturated heterocycles. The molecule has 1 aliphatic rings. The number of carbonyl (C=O) groups is 1. The number of likely N-dealkylation sites (N-methyl/N-ethyl adjacent to an activating group) is 1. The summed E-state index contributed by atoms with van der Waals surface area (Å²) < 4.78 is 148. The van der Waals surface area contributed by atoms with Crippen LogP contribution in [-0.2, 0) is 10.7 Å². The molecule has 0 radical (unpaired) electrons. The van der Waals surface area contributed by atoms with Crippen molar-refractivity contribution in [3.8, 4) is 5.75 Å². The molecule has 1 N–H and O–H groups in total. The van der Waals surface area contributed by atoms with Gasteiger partial charge in [0.05, 0.1) is 5.57 Å². The molecule has 162 valence electrons. The SMILES string of the molecule is CNC(=O)C1=CC(C(F)(F)F)(C(F)(F)F)Oc2ccc(C(F)(F)C(F)(F)F)cc21. The Hall–Kier alpha value is -2.54. The summed E-state index contributed by atoms with van der Waals surface area (Å²) in [7, 11) is 0.801. The first-order valence-corrected chi connectivity index (χ1v) is 7.26. The lowest BCUT2D eigenvalue weighted by molar-refractivity contribution is -0.338. The summed E-state index contributed by atoms with van der Waals surface area (Å²) in [4.78, 5) is 11.8. The molecular weight excluding hydrogens is 435 g/mol. The Labute approximate surface area is 154 Å². The third kappa shape index (κ3) is 3.48. The fraction of sp³-hybridized carbons (Fsp3) is 0.400. The van der Waals surface area contributed by atoms with Crippen molar-refractivity contribution < 1.29 is 57.8 Å². The number of alkyl halides is 11. The number of rotatable bonds is 2. The standard InChI is InChI=1S/C15H8F11NO2/c1-27-10(28)8-5-11(13(18,19)20,14(21,22)23)29-9-3-2-6(4-7(8)9)12(16,17)15(24,25)26/h2-5H,1H3,(H,27,28). The van der Waals surface area contributed by atoms with Crippen molar-refractivity contribution in [1.82, 2.24) is 5.32 Å². The van der Waals surface area contributed by atoms with Gasteiger partial charge in [0.1, 0.15) is 5.75 Å². The van der Waals surface area contributed by atoms with E-state index < -0.39 is 64.5 Å². The molecule has 1 aromatic carbocycles. The van der Waals surface area contributed by atoms with Crippen LogP contribution in [0.25, 0.3) is 5.57 Å². The van der Waals surface area contributed by atoms with Crippen LogP contribution in [0, 0.1) is 0 Å². The zero-order valence-corrected chi connectivity index (χ0v) is 13.8. The highest BCUT2D eigenvalue weighted by Gasteiger charge is 2.74. The molecule has 14 heteroatoms. The van der Waals surface area contributed by atoms with Gasteiger partial charge in [-0.1, -0.05) is 0 Å². The highest BCUT2D eigenvalue weighted by atomic mass is 19.4. The average Bonchev–Trinajstić information content (AvgIpc) is 2.56. The first-order valence-electron chi connectivity index (χ1n) is 7.26. The van der Waals surface area contributed by atoms with Crippen LogP contribution in [0.3, 0.4) is 0 Å². The van der Waals surface area contributed by atoms with Crippen molar-refractivity contribution in [3.05, 3.63) is 35.4 Å². The zero-order chi connectivity index (χ0) is 22.6. The minimum absolute atomic E-state index is 0.0450. The Morgan fingerprint density at radius 3 is 1.86 bits per heavy atom. The lowest BCUT2D eigenvalue weighted by Gasteiger charge is -2.39. The van der Waals surface area contributed by atoms with Crippen molar-refractivity contribution in [2.24, 2.45) is 0 Å². The summed E-state index contributed by atoms with van der Waals surface area (Å²) in [5.74, 6) is -8.46. The van der Waals surface area contributed by atoms with E-state index in [-0.39, 0.29) is 18.2 Å². The molecule has 0 saturated carbocycles. The van der Waals surface area contributed by atoms with Gasteiger partial charge in [-0.25, -0.2) is 0 Å². The summed E-state index contributed by atoms with van der Waals surface area (Å²) in [6, 6.07) is -0.0241. The number of amides is 1. The van der Waals surface area contributed by atoms with Gasteiger partial charge in [-0.3, -0.25) is 4.79 Å². The topological polar surface area (TPSA) is 38.3 Å². The fourth-order valence-corrected chi connectivity index (χ4v) is 2.43. The molecule has 0 unspecified atom stereocenters. The maximum Gasteiger partial charge on any atom is 0.458 e. The van der Waals surface area contributed by atoms with Gasteiger partial charge in [-0.05, 0) is 24.3 Å². The summed E-state index contributed by atoms with van der Waals surface area (Å²) in [5, 5.41) is 1.70. The second-order valence-electron chi connectivity index (χ2n) is 5.75. The van der Waals surface area contributed by atoms with Gasteiger partial charge in [0.15, 0.2) is 0 Å². The van der Waals surface area contributed by atoms with E-state index in [0.717, 1.165) is 7.05 Å². The average molecular weight is 443 g/mol. The molecule has 1 aliphatic heterocycles. The highest BCUT2D eigenvalue weighted by molar-refractivity contribution is 6.20. The number of fused-ring (bicyclic) bond motifs is 1. The Kier molecular flexibility index (Phi) is 5.09. The summed E-state index contributed by atoms with van der Waals surface area (Å²) in [6.45, 7) is 0. The number of carbonyl (C=O) groups excluding carboxylic acids is 1. The van der Waals surface area contributed by atoms with Crippen molar-refractivity contribution in [3.63, 3.8) is 0 Å². The quantitative estimate of drug-likeness (QED) is 0.672. The van der Waals surface area contributed by atoms with Gasteiger partial charge >= 0.3 is 30.1 Å². The number of halogens is 11. The highest BCUT2D eigenvalue weighted by Crippen LogP contribution is 2.53. The van der Waals surface area contributed by atoms with Gasteiger partial charge in [0, 0.05) is 18.2 Å². The molecule has 0 atom stereocenters. The van der Waals surface area contributed by atoms with Crippen LogP contribution in [0.15, 0.2) is 24.3 Å². The monoisotopic (exact) mass is 443 g/mol. The van der Waals surface area contributed by atoms with Gasteiger partial charge < -0.3 is 10.1 Å². The smallest absolute Gasteiger partial charge is 0.458 e. The lowest BCUT2D eigenvalue weighted by Crippen LogP contribution is -2.61. The van der Waals surface area contributed by atoms with Crippen molar-refractivity contribution >= 4 is 11.5 Å². The van der Waals surface area contributed by atoms with Crippen LogP contribution in [0.1, 0.15) is 11.1 Å². The van der Waals surface area contributed by atoms with E-state index in [1.54, 1.807) is 5.32 Å². The normalized spacial score (nSPS) is 17.2. The molecule has 1 aromatic rings. The van der Waals surface area contributed by atoms with E-state index in [0.29, 0.717) is 0 Å². The first-order chi connectivity index (χ1) is 12.9. The Bertz CT molecular complexity index is 835. The Morgan fingerprint density at radius 1 is 0.931 bits per heavy atom. The molecule has 2 rings (SSSR count). The number of ether oxygens (including phenoxy) is 1. The molecular formula is C15H8F11NO2. The zero-order valence-electron chi connectivity index (χ0n) is 13.8. The fourth-order valence-electron chi connectivity index (χ4n) is 2.43. The van der Waals surface area contributed by atoms with Crippen LogP contribution in [0.2, 0.25) is 0 Å². The van der Waals surface area contributed by atoms with Gasteiger partial charge in [-0.15, -0.1) is 0 Å². The Balaban J connectivity index is 2.81. The van der Waals surface area contributed by atoms with Gasteiger partial charge in [0.2, 0.25) is 0 Å². The van der Waals surface area contributed by atoms with E-state index in [4.69, 9.17) is 0 Å². The van der Waals surface area contributed by atoms with Crippen LogP contribution < -0.4 is 10.1 Å². The predicted octanol–water partition coefficient (Wildman–Crippen LogP) is 4.73. The molecule has 0 bridgehead atoms. The molecule has 0 fully saturated rings. The second kappa shape index (κ2) is 6.49. The number of nitrogens with one attached hydrogen (secondary N) is 1. The number of hydrogen-bond acceptors (Lipinski definition) is 2. The molecule has 0 aromatic heterocycles. The molecule has 1 amide bonds. The third-order valence-corrected chi connectivity index (χ3v) is 3.92. The summed E-state index contributed by atoms with van der Waals surface area (Å²) >= 11 is 0. The third-order valence-electron chi connectivity index (χ3n) is 3.92. The Morgan fingerprint density at radius 2 is 1.45 bits per heavy atom. The van der Waals surface area contributed by atoms with Crippen LogP contribution in [0.4, 0.5) is 48.3 Å².